The summed E-state index contributed by atoms with van der Waals surface area (Å²) in [6, 6.07) is 0. The molecule has 1 unspecified atom stereocenters. The van der Waals surface area contributed by atoms with Crippen molar-refractivity contribution in [3.63, 3.8) is 0 Å². The zero-order valence-corrected chi connectivity index (χ0v) is 55.0. The molecular formula is C76H138O6. The van der Waals surface area contributed by atoms with Crippen molar-refractivity contribution in [1.82, 2.24) is 0 Å². The van der Waals surface area contributed by atoms with E-state index in [2.05, 4.69) is 81.5 Å². The standard InChI is InChI=1S/C76H138O6/c1-4-7-10-13-16-18-20-22-24-26-28-30-32-34-35-36-37-38-39-40-41-43-44-46-48-50-52-54-56-58-60-63-66-69-75(78)81-72-73(71-80-74(77)68-65-62-15-12-9-6-3)82-76(79)70-67-64-61-59-57-55-53-51-49-47-45-42-33-31-29-27-25-23-21-19-17-14-11-8-5-2/h20-23,26-29,33,42,73H,4-19,24-25,30-32,34-41,43-72H2,1-3H3/b22-20-,23-21-,28-26-,29-27-,42-33-. The second-order valence-electron chi connectivity index (χ2n) is 24.5. The molecule has 478 valence electrons. The molecule has 0 saturated heterocycles. The zero-order valence-electron chi connectivity index (χ0n) is 55.0. The Balaban J connectivity index is 3.97. The van der Waals surface area contributed by atoms with Gasteiger partial charge in [0.2, 0.25) is 0 Å². The van der Waals surface area contributed by atoms with E-state index in [4.69, 9.17) is 14.2 Å². The summed E-state index contributed by atoms with van der Waals surface area (Å²) in [5.41, 5.74) is 0. The highest BCUT2D eigenvalue weighted by atomic mass is 16.6. The van der Waals surface area contributed by atoms with Crippen LogP contribution in [0.3, 0.4) is 0 Å². The summed E-state index contributed by atoms with van der Waals surface area (Å²) in [7, 11) is 0. The van der Waals surface area contributed by atoms with Gasteiger partial charge in [0.25, 0.3) is 0 Å². The number of ether oxygens (including phenoxy) is 3. The van der Waals surface area contributed by atoms with E-state index in [9.17, 15) is 14.4 Å². The first-order chi connectivity index (χ1) is 40.5. The van der Waals surface area contributed by atoms with Crippen molar-refractivity contribution in [3.05, 3.63) is 60.8 Å². The Morgan fingerprint density at radius 2 is 0.439 bits per heavy atom. The molecular weight excluding hydrogens is 1010 g/mol. The Labute approximate surface area is 510 Å². The van der Waals surface area contributed by atoms with Crippen LogP contribution >= 0.6 is 0 Å². The van der Waals surface area contributed by atoms with Gasteiger partial charge in [-0.2, -0.15) is 0 Å². The van der Waals surface area contributed by atoms with Crippen LogP contribution in [0, 0.1) is 0 Å². The number of esters is 3. The highest BCUT2D eigenvalue weighted by molar-refractivity contribution is 5.71. The van der Waals surface area contributed by atoms with E-state index in [0.29, 0.717) is 19.3 Å². The molecule has 0 N–H and O–H groups in total. The van der Waals surface area contributed by atoms with E-state index in [1.165, 1.54) is 270 Å². The average molecular weight is 1150 g/mol. The van der Waals surface area contributed by atoms with Gasteiger partial charge in [0, 0.05) is 19.3 Å². The molecule has 0 bridgehead atoms. The van der Waals surface area contributed by atoms with Gasteiger partial charge < -0.3 is 14.2 Å². The first kappa shape index (κ1) is 79.1. The van der Waals surface area contributed by atoms with Gasteiger partial charge in [0.15, 0.2) is 6.10 Å². The topological polar surface area (TPSA) is 78.9 Å². The van der Waals surface area contributed by atoms with Gasteiger partial charge in [-0.1, -0.05) is 338 Å². The first-order valence-electron chi connectivity index (χ1n) is 36.3. The van der Waals surface area contributed by atoms with Crippen LogP contribution in [0.1, 0.15) is 387 Å². The van der Waals surface area contributed by atoms with Gasteiger partial charge in [-0.05, 0) is 89.9 Å². The molecule has 6 heteroatoms. The van der Waals surface area contributed by atoms with Crippen molar-refractivity contribution < 1.29 is 28.6 Å². The number of carbonyl (C=O) groups is 3. The predicted molar refractivity (Wildman–Crippen MR) is 358 cm³/mol. The van der Waals surface area contributed by atoms with E-state index in [0.717, 1.165) is 77.0 Å². The van der Waals surface area contributed by atoms with Crippen molar-refractivity contribution in [2.24, 2.45) is 0 Å². The van der Waals surface area contributed by atoms with Crippen LogP contribution in [0.5, 0.6) is 0 Å². The van der Waals surface area contributed by atoms with Gasteiger partial charge >= 0.3 is 17.9 Å². The van der Waals surface area contributed by atoms with Gasteiger partial charge in [0.1, 0.15) is 13.2 Å². The summed E-state index contributed by atoms with van der Waals surface area (Å²) < 4.78 is 16.9. The minimum Gasteiger partial charge on any atom is -0.462 e. The molecule has 0 amide bonds. The number of allylic oxidation sites excluding steroid dienone is 10. The Morgan fingerprint density at radius 1 is 0.244 bits per heavy atom. The highest BCUT2D eigenvalue weighted by Crippen LogP contribution is 2.18. The molecule has 0 rings (SSSR count). The number of rotatable bonds is 67. The quantitative estimate of drug-likeness (QED) is 0.0261. The van der Waals surface area contributed by atoms with Gasteiger partial charge in [0.05, 0.1) is 0 Å². The van der Waals surface area contributed by atoms with E-state index >= 15 is 0 Å². The zero-order chi connectivity index (χ0) is 59.2. The third-order valence-electron chi connectivity index (χ3n) is 16.2. The summed E-state index contributed by atoms with van der Waals surface area (Å²) in [6.45, 7) is 6.61. The van der Waals surface area contributed by atoms with Gasteiger partial charge in [-0.3, -0.25) is 14.4 Å². The summed E-state index contributed by atoms with van der Waals surface area (Å²) >= 11 is 0. The molecule has 0 spiro atoms. The number of unbranched alkanes of at least 4 members (excludes halogenated alkanes) is 46. The van der Waals surface area contributed by atoms with E-state index < -0.39 is 6.10 Å². The lowest BCUT2D eigenvalue weighted by Gasteiger charge is -2.18. The molecule has 0 aliphatic rings. The summed E-state index contributed by atoms with van der Waals surface area (Å²) in [4.78, 5) is 38.1. The fourth-order valence-corrected chi connectivity index (χ4v) is 10.8. The van der Waals surface area contributed by atoms with Crippen molar-refractivity contribution in [3.8, 4) is 0 Å². The third kappa shape index (κ3) is 67.9. The number of hydrogen-bond donors (Lipinski definition) is 0. The molecule has 0 aromatic heterocycles. The summed E-state index contributed by atoms with van der Waals surface area (Å²) in [5, 5.41) is 0. The van der Waals surface area contributed by atoms with Gasteiger partial charge in [-0.15, -0.1) is 0 Å². The molecule has 0 radical (unpaired) electrons. The number of carbonyl (C=O) groups excluding carboxylic acids is 3. The molecule has 82 heavy (non-hydrogen) atoms. The lowest BCUT2D eigenvalue weighted by Crippen LogP contribution is -2.30. The summed E-state index contributed by atoms with van der Waals surface area (Å²) in [5.74, 6) is -0.864. The van der Waals surface area contributed by atoms with Crippen LogP contribution in [0.2, 0.25) is 0 Å². The van der Waals surface area contributed by atoms with Crippen molar-refractivity contribution in [2.45, 2.75) is 393 Å². The Bertz CT molecular complexity index is 1460. The highest BCUT2D eigenvalue weighted by Gasteiger charge is 2.19. The molecule has 0 aliphatic carbocycles. The van der Waals surface area contributed by atoms with Crippen LogP contribution in [-0.4, -0.2) is 37.2 Å². The van der Waals surface area contributed by atoms with Crippen LogP contribution in [-0.2, 0) is 28.6 Å². The molecule has 6 nitrogen and oxygen atoms in total. The van der Waals surface area contributed by atoms with E-state index in [1.54, 1.807) is 0 Å². The molecule has 1 atom stereocenters. The van der Waals surface area contributed by atoms with E-state index in [1.807, 2.05) is 0 Å². The predicted octanol–water partition coefficient (Wildman–Crippen LogP) is 25.1. The maximum atomic E-state index is 12.9. The number of hydrogen-bond acceptors (Lipinski definition) is 6. The Morgan fingerprint density at radius 3 is 0.683 bits per heavy atom. The first-order valence-corrected chi connectivity index (χ1v) is 36.3. The molecule has 0 heterocycles. The van der Waals surface area contributed by atoms with Crippen LogP contribution in [0.4, 0.5) is 0 Å². The molecule has 0 aliphatic heterocycles. The summed E-state index contributed by atoms with van der Waals surface area (Å²) in [6.07, 6.45) is 91.6. The van der Waals surface area contributed by atoms with Gasteiger partial charge in [-0.25, -0.2) is 0 Å². The van der Waals surface area contributed by atoms with Crippen molar-refractivity contribution in [1.29, 1.82) is 0 Å². The maximum absolute atomic E-state index is 12.9. The molecule has 0 aromatic rings. The Kier molecular flexibility index (Phi) is 68.1. The van der Waals surface area contributed by atoms with Crippen LogP contribution in [0.15, 0.2) is 60.8 Å². The normalized spacial score (nSPS) is 12.4. The minimum atomic E-state index is -0.772. The van der Waals surface area contributed by atoms with Crippen molar-refractivity contribution in [2.75, 3.05) is 13.2 Å². The fraction of sp³-hybridized carbons (Fsp3) is 0.829. The molecule has 0 saturated carbocycles. The van der Waals surface area contributed by atoms with Crippen molar-refractivity contribution >= 4 is 17.9 Å². The van der Waals surface area contributed by atoms with Crippen LogP contribution in [0.25, 0.3) is 0 Å². The Hall–Kier alpha value is -2.89. The monoisotopic (exact) mass is 1150 g/mol. The largest absolute Gasteiger partial charge is 0.462 e. The second-order valence-corrected chi connectivity index (χ2v) is 24.5. The second kappa shape index (κ2) is 70.6. The smallest absolute Gasteiger partial charge is 0.306 e. The molecule has 0 aromatic carbocycles. The van der Waals surface area contributed by atoms with E-state index in [-0.39, 0.29) is 31.1 Å². The average Bonchev–Trinajstić information content (AvgIpc) is 3.47. The van der Waals surface area contributed by atoms with Crippen LogP contribution < -0.4 is 0 Å². The molecule has 0 fully saturated rings. The minimum absolute atomic E-state index is 0.0714. The SMILES string of the molecule is CCCCCCC/C=C\C/C=C\C/C=C\CCCCCCCCCCCCC(=O)OC(COC(=O)CCCCCCCC)COC(=O)CCCCCCCCCCCCCCCCCCCCCCC/C=C\C/C=C\CCCCCCC. The fourth-order valence-electron chi connectivity index (χ4n) is 10.8. The lowest BCUT2D eigenvalue weighted by molar-refractivity contribution is -0.167. The third-order valence-corrected chi connectivity index (χ3v) is 16.2. The maximum Gasteiger partial charge on any atom is 0.306 e. The lowest BCUT2D eigenvalue weighted by atomic mass is 10.0.